The number of ether oxygens (including phenoxy) is 2. The topological polar surface area (TPSA) is 91.4 Å². The second kappa shape index (κ2) is 13.9. The number of rotatable bonds is 9. The average molecular weight is 575 g/mol. The van der Waals surface area contributed by atoms with E-state index in [0.29, 0.717) is 48.9 Å². The third kappa shape index (κ3) is 6.78. The number of para-hydroxylation sites is 1. The minimum atomic E-state index is -0.693. The summed E-state index contributed by atoms with van der Waals surface area (Å²) in [7, 11) is 0. The number of esters is 1. The van der Waals surface area contributed by atoms with E-state index in [-0.39, 0.29) is 24.5 Å². The Morgan fingerprint density at radius 2 is 1.67 bits per heavy atom. The normalized spacial score (nSPS) is 20.3. The van der Waals surface area contributed by atoms with Crippen LogP contribution in [0.5, 0.6) is 11.5 Å². The van der Waals surface area contributed by atoms with Crippen LogP contribution in [0.15, 0.2) is 65.9 Å². The Kier molecular flexibility index (Phi) is 9.79. The Bertz CT molecular complexity index is 1290. The number of hydrogen-bond donors (Lipinski definition) is 1. The fraction of sp³-hybridized carbons (Fsp3) is 0.485. The van der Waals surface area contributed by atoms with Crippen molar-refractivity contribution in [3.05, 3.63) is 71.4 Å². The molecule has 1 unspecified atom stereocenters. The summed E-state index contributed by atoms with van der Waals surface area (Å²) >= 11 is 0. The van der Waals surface area contributed by atoms with Gasteiger partial charge in [0.25, 0.3) is 0 Å². The molecule has 5 rings (SSSR count). The van der Waals surface area contributed by atoms with E-state index in [0.717, 1.165) is 50.8 Å². The van der Waals surface area contributed by atoms with Crippen LogP contribution < -0.4 is 10.1 Å². The summed E-state index contributed by atoms with van der Waals surface area (Å²) in [5, 5.41) is 3.05. The van der Waals surface area contributed by atoms with Gasteiger partial charge in [0.1, 0.15) is 11.5 Å². The van der Waals surface area contributed by atoms with E-state index in [2.05, 4.69) is 10.2 Å². The molecule has 1 saturated heterocycles. The molecule has 1 aliphatic carbocycles. The van der Waals surface area contributed by atoms with Crippen LogP contribution in [0.2, 0.25) is 0 Å². The van der Waals surface area contributed by atoms with Gasteiger partial charge in [-0.1, -0.05) is 43.2 Å². The van der Waals surface area contributed by atoms with Gasteiger partial charge in [-0.25, -0.2) is 9.59 Å². The highest BCUT2D eigenvalue weighted by molar-refractivity contribution is 5.95. The van der Waals surface area contributed by atoms with Gasteiger partial charge >= 0.3 is 12.0 Å². The van der Waals surface area contributed by atoms with Gasteiger partial charge in [0.2, 0.25) is 5.91 Å². The summed E-state index contributed by atoms with van der Waals surface area (Å²) in [4.78, 5) is 46.0. The van der Waals surface area contributed by atoms with E-state index in [4.69, 9.17) is 9.47 Å². The summed E-state index contributed by atoms with van der Waals surface area (Å²) in [5.74, 6) is 1.30. The zero-order valence-electron chi connectivity index (χ0n) is 24.7. The molecule has 1 atom stereocenters. The van der Waals surface area contributed by atoms with Crippen molar-refractivity contribution in [3.63, 3.8) is 0 Å². The molecule has 1 saturated carbocycles. The molecule has 2 aliphatic heterocycles. The highest BCUT2D eigenvalue weighted by Gasteiger charge is 2.39. The second-order valence-corrected chi connectivity index (χ2v) is 11.1. The fourth-order valence-electron chi connectivity index (χ4n) is 6.28. The lowest BCUT2D eigenvalue weighted by Crippen LogP contribution is -2.51. The Labute approximate surface area is 248 Å². The molecule has 3 amide bonds. The number of carbonyl (C=O) groups excluding carboxylic acids is 3. The van der Waals surface area contributed by atoms with Crippen LogP contribution in [0.4, 0.5) is 4.79 Å². The molecule has 42 heavy (non-hydrogen) atoms. The smallest absolute Gasteiger partial charge is 0.338 e. The van der Waals surface area contributed by atoms with Crippen molar-refractivity contribution < 1.29 is 23.9 Å². The van der Waals surface area contributed by atoms with Crippen molar-refractivity contribution in [2.75, 3.05) is 45.9 Å². The second-order valence-electron chi connectivity index (χ2n) is 11.1. The summed E-state index contributed by atoms with van der Waals surface area (Å²) in [5.41, 5.74) is 1.81. The van der Waals surface area contributed by atoms with Gasteiger partial charge < -0.3 is 19.7 Å². The predicted octanol–water partition coefficient (Wildman–Crippen LogP) is 5.11. The van der Waals surface area contributed by atoms with Gasteiger partial charge in [-0.05, 0) is 62.9 Å². The highest BCUT2D eigenvalue weighted by atomic mass is 16.5. The maximum atomic E-state index is 13.6. The first-order valence-corrected chi connectivity index (χ1v) is 15.3. The molecule has 0 radical (unpaired) electrons. The molecule has 1 N–H and O–H groups in total. The Morgan fingerprint density at radius 1 is 0.905 bits per heavy atom. The molecule has 0 aromatic heterocycles. The standard InChI is InChI=1S/C33H42N4O5/c1-3-37-28(23-35-18-11-19-36(21-20-35)31(38)24-12-8-9-13-24)29(32(39)41-4-2)30(34-33(37)40)25-14-10-17-27(22-25)42-26-15-6-5-7-16-26/h5-7,10,14-17,22,24,30H,3-4,8-9,11-13,18-21,23H2,1-2H3,(H,34,40). The number of benzene rings is 2. The summed E-state index contributed by atoms with van der Waals surface area (Å²) < 4.78 is 11.6. The largest absolute Gasteiger partial charge is 0.463 e. The first-order valence-electron chi connectivity index (χ1n) is 15.3. The van der Waals surface area contributed by atoms with Crippen LogP contribution in [0, 0.1) is 5.92 Å². The van der Waals surface area contributed by atoms with E-state index in [1.807, 2.05) is 66.4 Å². The molecule has 2 heterocycles. The van der Waals surface area contributed by atoms with Crippen molar-refractivity contribution in [2.24, 2.45) is 5.92 Å². The molecule has 0 spiro atoms. The quantitative estimate of drug-likeness (QED) is 0.419. The predicted molar refractivity (Wildman–Crippen MR) is 160 cm³/mol. The molecular formula is C33H42N4O5. The minimum absolute atomic E-state index is 0.162. The highest BCUT2D eigenvalue weighted by Crippen LogP contribution is 2.34. The van der Waals surface area contributed by atoms with Crippen LogP contribution in [0.1, 0.15) is 57.6 Å². The van der Waals surface area contributed by atoms with Crippen LogP contribution >= 0.6 is 0 Å². The number of nitrogens with zero attached hydrogens (tertiary/aromatic N) is 3. The molecule has 9 heteroatoms. The number of nitrogens with one attached hydrogen (secondary N) is 1. The number of hydrogen-bond acceptors (Lipinski definition) is 6. The monoisotopic (exact) mass is 574 g/mol. The van der Waals surface area contributed by atoms with Crippen molar-refractivity contribution >= 4 is 17.9 Å². The van der Waals surface area contributed by atoms with Gasteiger partial charge in [0, 0.05) is 50.9 Å². The number of amides is 3. The number of carbonyl (C=O) groups is 3. The number of urea groups is 1. The lowest BCUT2D eigenvalue weighted by molar-refractivity contribution is -0.139. The molecule has 2 aromatic rings. The summed E-state index contributed by atoms with van der Waals surface area (Å²) in [6.07, 6.45) is 5.11. The molecule has 2 fully saturated rings. The van der Waals surface area contributed by atoms with Crippen LogP contribution in [-0.4, -0.2) is 78.5 Å². The van der Waals surface area contributed by atoms with Gasteiger partial charge in [0.15, 0.2) is 0 Å². The van der Waals surface area contributed by atoms with E-state index in [1.54, 1.807) is 11.8 Å². The summed E-state index contributed by atoms with van der Waals surface area (Å²) in [6, 6.07) is 16.0. The van der Waals surface area contributed by atoms with Gasteiger partial charge in [-0.3, -0.25) is 14.6 Å². The Morgan fingerprint density at radius 3 is 2.40 bits per heavy atom. The van der Waals surface area contributed by atoms with E-state index in [1.165, 1.54) is 0 Å². The van der Waals surface area contributed by atoms with Crippen molar-refractivity contribution in [1.29, 1.82) is 0 Å². The molecular weight excluding hydrogens is 532 g/mol. The molecule has 224 valence electrons. The van der Waals surface area contributed by atoms with Crippen LogP contribution in [0.25, 0.3) is 0 Å². The maximum absolute atomic E-state index is 13.6. The molecule has 9 nitrogen and oxygen atoms in total. The van der Waals surface area contributed by atoms with Crippen molar-refractivity contribution in [3.8, 4) is 11.5 Å². The lowest BCUT2D eigenvalue weighted by atomic mass is 9.94. The van der Waals surface area contributed by atoms with E-state index in [9.17, 15) is 14.4 Å². The van der Waals surface area contributed by atoms with Crippen LogP contribution in [-0.2, 0) is 14.3 Å². The zero-order valence-corrected chi connectivity index (χ0v) is 24.7. The zero-order chi connectivity index (χ0) is 29.5. The Hall–Kier alpha value is -3.85. The van der Waals surface area contributed by atoms with Crippen molar-refractivity contribution in [2.45, 2.75) is 52.0 Å². The maximum Gasteiger partial charge on any atom is 0.338 e. The fourth-order valence-corrected chi connectivity index (χ4v) is 6.28. The lowest BCUT2D eigenvalue weighted by Gasteiger charge is -2.38. The van der Waals surface area contributed by atoms with E-state index < -0.39 is 12.0 Å². The third-order valence-corrected chi connectivity index (χ3v) is 8.40. The van der Waals surface area contributed by atoms with Crippen molar-refractivity contribution in [1.82, 2.24) is 20.0 Å². The van der Waals surface area contributed by atoms with Gasteiger partial charge in [-0.2, -0.15) is 0 Å². The first-order chi connectivity index (χ1) is 20.5. The molecule has 2 aromatic carbocycles. The first kappa shape index (κ1) is 29.6. The van der Waals surface area contributed by atoms with Crippen LogP contribution in [0.3, 0.4) is 0 Å². The molecule has 3 aliphatic rings. The van der Waals surface area contributed by atoms with Gasteiger partial charge in [0.05, 0.1) is 18.2 Å². The minimum Gasteiger partial charge on any atom is -0.463 e. The van der Waals surface area contributed by atoms with E-state index >= 15 is 0 Å². The summed E-state index contributed by atoms with van der Waals surface area (Å²) in [6.45, 7) is 7.59. The third-order valence-electron chi connectivity index (χ3n) is 8.40. The average Bonchev–Trinajstić information content (AvgIpc) is 3.44. The van der Waals surface area contributed by atoms with Gasteiger partial charge in [-0.15, -0.1) is 0 Å². The molecule has 0 bridgehead atoms. The SMILES string of the molecule is CCOC(=O)C1=C(CN2CCCN(C(=O)C3CCCC3)CC2)N(CC)C(=O)NC1c1cccc(Oc2ccccc2)c1. The number of likely N-dealkylation sites (N-methyl/N-ethyl adjacent to an activating group) is 1. The Balaban J connectivity index is 1.43.